The van der Waals surface area contributed by atoms with Gasteiger partial charge < -0.3 is 4.74 Å². The second-order valence-electron chi connectivity index (χ2n) is 6.71. The van der Waals surface area contributed by atoms with E-state index in [9.17, 15) is 18.4 Å². The molecular weight excluding hydrogens is 424 g/mol. The summed E-state index contributed by atoms with van der Waals surface area (Å²) in [7, 11) is 0. The molecule has 3 aromatic rings. The van der Waals surface area contributed by atoms with Crippen LogP contribution < -0.4 is 4.90 Å². The van der Waals surface area contributed by atoms with Crippen LogP contribution in [0.25, 0.3) is 6.08 Å². The predicted octanol–water partition coefficient (Wildman–Crippen LogP) is 4.76. The highest BCUT2D eigenvalue weighted by atomic mass is 32.1. The minimum atomic E-state index is -0.892. The lowest BCUT2D eigenvalue weighted by atomic mass is 10.1. The van der Waals surface area contributed by atoms with Crippen LogP contribution in [0.2, 0.25) is 0 Å². The first kappa shape index (κ1) is 20.5. The van der Waals surface area contributed by atoms with Crippen molar-refractivity contribution in [2.24, 2.45) is 4.99 Å². The van der Waals surface area contributed by atoms with Crippen molar-refractivity contribution in [1.82, 2.24) is 4.98 Å². The van der Waals surface area contributed by atoms with Gasteiger partial charge in [0, 0.05) is 23.9 Å². The van der Waals surface area contributed by atoms with Crippen molar-refractivity contribution in [3.05, 3.63) is 82.0 Å². The van der Waals surface area contributed by atoms with Crippen LogP contribution in [-0.2, 0) is 14.3 Å². The van der Waals surface area contributed by atoms with E-state index in [4.69, 9.17) is 4.74 Å². The van der Waals surface area contributed by atoms with Gasteiger partial charge in [-0.25, -0.2) is 23.6 Å². The fraction of sp³-hybridized carbons (Fsp3) is 0.0909. The third kappa shape index (κ3) is 4.26. The van der Waals surface area contributed by atoms with Crippen LogP contribution >= 0.6 is 11.3 Å². The first-order chi connectivity index (χ1) is 14.8. The highest BCUT2D eigenvalue weighted by Crippen LogP contribution is 2.32. The van der Waals surface area contributed by atoms with E-state index < -0.39 is 23.5 Å². The number of carbonyl (C=O) groups excluding carboxylic acids is 2. The molecule has 2 aromatic carbocycles. The number of aromatic nitrogens is 1. The number of ether oxygens (including phenoxy) is 1. The second kappa shape index (κ2) is 8.19. The standard InChI is InChI=1S/C22H15F2N3O3S/c1-12-3-5-14(6-4-12)20-26-18(21(29)30-20)10-16-11-31-22(25-16)27(13(2)28)19-8-7-15(23)9-17(19)24/h3-11H,1-2H3/b18-10-. The van der Waals surface area contributed by atoms with Crippen LogP contribution in [0.5, 0.6) is 0 Å². The lowest BCUT2D eigenvalue weighted by Gasteiger charge is -2.18. The van der Waals surface area contributed by atoms with Gasteiger partial charge in [-0.2, -0.15) is 0 Å². The SMILES string of the molecule is CC(=O)N(c1nc(/C=C2\N=C(c3ccc(C)cc3)OC2=O)cs1)c1ccc(F)cc1F. The Balaban J connectivity index is 1.64. The van der Waals surface area contributed by atoms with E-state index in [-0.39, 0.29) is 22.4 Å². The van der Waals surface area contributed by atoms with Gasteiger partial charge in [0.05, 0.1) is 11.4 Å². The van der Waals surface area contributed by atoms with Crippen LogP contribution in [0.3, 0.4) is 0 Å². The number of cyclic esters (lactones) is 1. The van der Waals surface area contributed by atoms with Gasteiger partial charge in [-0.3, -0.25) is 9.69 Å². The quantitative estimate of drug-likeness (QED) is 0.434. The zero-order valence-electron chi connectivity index (χ0n) is 16.4. The number of hydrogen-bond acceptors (Lipinski definition) is 6. The van der Waals surface area contributed by atoms with Crippen LogP contribution in [-0.4, -0.2) is 22.8 Å². The molecule has 2 heterocycles. The second-order valence-corrected chi connectivity index (χ2v) is 7.54. The van der Waals surface area contributed by atoms with Crippen LogP contribution in [0.15, 0.2) is 58.5 Å². The van der Waals surface area contributed by atoms with Crippen LogP contribution in [0, 0.1) is 18.6 Å². The van der Waals surface area contributed by atoms with E-state index in [1.165, 1.54) is 13.0 Å². The lowest BCUT2D eigenvalue weighted by molar-refractivity contribution is -0.130. The highest BCUT2D eigenvalue weighted by molar-refractivity contribution is 7.14. The Morgan fingerprint density at radius 2 is 1.90 bits per heavy atom. The first-order valence-electron chi connectivity index (χ1n) is 9.12. The number of amides is 1. The maximum Gasteiger partial charge on any atom is 0.363 e. The number of nitrogens with zero attached hydrogens (tertiary/aromatic N) is 3. The number of aliphatic imine (C=N–C) groups is 1. The minimum absolute atomic E-state index is 0.0507. The van der Waals surface area contributed by atoms with Gasteiger partial charge >= 0.3 is 5.97 Å². The maximum atomic E-state index is 14.2. The summed E-state index contributed by atoms with van der Waals surface area (Å²) in [5.74, 6) is -2.59. The third-order valence-electron chi connectivity index (χ3n) is 4.37. The number of anilines is 2. The minimum Gasteiger partial charge on any atom is -0.402 e. The van der Waals surface area contributed by atoms with E-state index in [0.717, 1.165) is 33.9 Å². The van der Waals surface area contributed by atoms with Crippen molar-refractivity contribution < 1.29 is 23.1 Å². The largest absolute Gasteiger partial charge is 0.402 e. The number of halogens is 2. The number of esters is 1. The van der Waals surface area contributed by atoms with Crippen molar-refractivity contribution >= 4 is 46.0 Å². The molecule has 1 aromatic heterocycles. The fourth-order valence-corrected chi connectivity index (χ4v) is 3.72. The van der Waals surface area contributed by atoms with Gasteiger partial charge in [0.1, 0.15) is 11.6 Å². The number of hydrogen-bond donors (Lipinski definition) is 0. The first-order valence-corrected chi connectivity index (χ1v) is 10.0. The normalized spacial score (nSPS) is 14.5. The van der Waals surface area contributed by atoms with Gasteiger partial charge in [0.15, 0.2) is 10.8 Å². The molecule has 1 aliphatic rings. The summed E-state index contributed by atoms with van der Waals surface area (Å²) in [6.07, 6.45) is 1.42. The van der Waals surface area contributed by atoms with Crippen molar-refractivity contribution in [1.29, 1.82) is 0 Å². The highest BCUT2D eigenvalue weighted by Gasteiger charge is 2.25. The molecule has 9 heteroatoms. The maximum absolute atomic E-state index is 14.2. The molecule has 0 aliphatic carbocycles. The monoisotopic (exact) mass is 439 g/mol. The summed E-state index contributed by atoms with van der Waals surface area (Å²) < 4.78 is 32.7. The van der Waals surface area contributed by atoms with Crippen molar-refractivity contribution in [2.45, 2.75) is 13.8 Å². The molecule has 0 bridgehead atoms. The number of benzene rings is 2. The zero-order chi connectivity index (χ0) is 22.1. The average molecular weight is 439 g/mol. The Labute approximate surface area is 180 Å². The summed E-state index contributed by atoms with van der Waals surface area (Å²) in [5, 5.41) is 1.76. The smallest absolute Gasteiger partial charge is 0.363 e. The van der Waals surface area contributed by atoms with Gasteiger partial charge in [-0.05, 0) is 37.3 Å². The zero-order valence-corrected chi connectivity index (χ0v) is 17.2. The van der Waals surface area contributed by atoms with Crippen molar-refractivity contribution in [2.75, 3.05) is 4.90 Å². The Bertz CT molecular complexity index is 1250. The number of carbonyl (C=O) groups is 2. The molecule has 1 aliphatic heterocycles. The average Bonchev–Trinajstić information content (AvgIpc) is 3.31. The molecular formula is C22H15F2N3O3S. The number of aryl methyl sites for hydroxylation is 1. The van der Waals surface area contributed by atoms with E-state index in [0.29, 0.717) is 17.3 Å². The summed E-state index contributed by atoms with van der Waals surface area (Å²) in [4.78, 5) is 33.9. The summed E-state index contributed by atoms with van der Waals surface area (Å²) in [6.45, 7) is 3.19. The Hall–Kier alpha value is -3.72. The van der Waals surface area contributed by atoms with Gasteiger partial charge in [0.2, 0.25) is 11.8 Å². The van der Waals surface area contributed by atoms with Crippen molar-refractivity contribution in [3.63, 3.8) is 0 Å². The number of thiazole rings is 1. The summed E-state index contributed by atoms with van der Waals surface area (Å²) in [6, 6.07) is 10.3. The van der Waals surface area contributed by atoms with E-state index in [2.05, 4.69) is 9.98 Å². The lowest BCUT2D eigenvalue weighted by Crippen LogP contribution is -2.23. The van der Waals surface area contributed by atoms with Gasteiger partial charge in [-0.15, -0.1) is 11.3 Å². The van der Waals surface area contributed by atoms with Crippen LogP contribution in [0.4, 0.5) is 19.6 Å². The topological polar surface area (TPSA) is 71.9 Å². The molecule has 0 radical (unpaired) electrons. The van der Waals surface area contributed by atoms with E-state index in [1.807, 2.05) is 19.1 Å². The van der Waals surface area contributed by atoms with Gasteiger partial charge in [-0.1, -0.05) is 17.7 Å². The molecule has 156 valence electrons. The molecule has 0 N–H and O–H groups in total. The van der Waals surface area contributed by atoms with E-state index in [1.54, 1.807) is 17.5 Å². The summed E-state index contributed by atoms with van der Waals surface area (Å²) >= 11 is 1.07. The Kier molecular flexibility index (Phi) is 5.43. The molecule has 6 nitrogen and oxygen atoms in total. The van der Waals surface area contributed by atoms with Crippen LogP contribution in [0.1, 0.15) is 23.7 Å². The molecule has 31 heavy (non-hydrogen) atoms. The molecule has 0 unspecified atom stereocenters. The van der Waals surface area contributed by atoms with Crippen molar-refractivity contribution in [3.8, 4) is 0 Å². The molecule has 0 saturated heterocycles. The molecule has 0 fully saturated rings. The Morgan fingerprint density at radius 3 is 2.58 bits per heavy atom. The Morgan fingerprint density at radius 1 is 1.16 bits per heavy atom. The predicted molar refractivity (Wildman–Crippen MR) is 113 cm³/mol. The summed E-state index contributed by atoms with van der Waals surface area (Å²) in [5.41, 5.74) is 2.00. The molecule has 0 spiro atoms. The molecule has 0 saturated carbocycles. The fourth-order valence-electron chi connectivity index (χ4n) is 2.88. The number of rotatable bonds is 4. The van der Waals surface area contributed by atoms with E-state index >= 15 is 0 Å². The third-order valence-corrected chi connectivity index (χ3v) is 5.21. The van der Waals surface area contributed by atoms with Gasteiger partial charge in [0.25, 0.3) is 0 Å². The molecule has 0 atom stereocenters. The molecule has 4 rings (SSSR count). The molecule has 1 amide bonds.